The Hall–Kier alpha value is -4.34. The fourth-order valence-electron chi connectivity index (χ4n) is 2.95. The van der Waals surface area contributed by atoms with Crippen molar-refractivity contribution in [3.05, 3.63) is 94.0 Å². The third kappa shape index (κ3) is 4.81. The summed E-state index contributed by atoms with van der Waals surface area (Å²) in [7, 11) is 0. The molecule has 1 amide bonds. The smallest absolute Gasteiger partial charge is 0.266 e. The molecule has 0 radical (unpaired) electrons. The third-order valence-corrected chi connectivity index (χ3v) is 4.50. The number of aromatic nitrogens is 6. The lowest BCUT2D eigenvalue weighted by Gasteiger charge is -2.09. The molecule has 156 valence electrons. The second kappa shape index (κ2) is 8.99. The van der Waals surface area contributed by atoms with E-state index in [1.807, 2.05) is 30.3 Å². The molecule has 0 bridgehead atoms. The minimum atomic E-state index is -0.368. The Morgan fingerprint density at radius 2 is 1.84 bits per heavy atom. The van der Waals surface area contributed by atoms with Crippen molar-refractivity contribution < 1.29 is 4.79 Å². The van der Waals surface area contributed by atoms with Crippen LogP contribution >= 0.6 is 0 Å². The molecule has 0 atom stereocenters. The van der Waals surface area contributed by atoms with Gasteiger partial charge in [0.2, 0.25) is 5.91 Å². The lowest BCUT2D eigenvalue weighted by molar-refractivity contribution is -0.121. The predicted molar refractivity (Wildman–Crippen MR) is 113 cm³/mol. The first-order chi connectivity index (χ1) is 15.1. The van der Waals surface area contributed by atoms with Gasteiger partial charge in [-0.05, 0) is 12.1 Å². The molecule has 0 aliphatic heterocycles. The maximum absolute atomic E-state index is 12.3. The van der Waals surface area contributed by atoms with Gasteiger partial charge in [-0.1, -0.05) is 30.3 Å². The normalized spacial score (nSPS) is 10.7. The standard InChI is InChI=1S/C21H19N7O3/c29-19(14-26-15-23-17(13-21(26)31)16-5-2-1-3-6-16)22-10-12-28-20(30)8-7-18(25-28)27-11-4-9-24-27/h1-9,11,13,15H,10,12,14H2,(H,22,29). The van der Waals surface area contributed by atoms with Crippen molar-refractivity contribution in [2.24, 2.45) is 0 Å². The summed E-state index contributed by atoms with van der Waals surface area (Å²) in [5.41, 5.74) is 0.757. The molecule has 0 saturated heterocycles. The SMILES string of the molecule is O=C(Cn1cnc(-c2ccccc2)cc1=O)NCCn1nc(-n2cccn2)ccc1=O. The first kappa shape index (κ1) is 20.0. The summed E-state index contributed by atoms with van der Waals surface area (Å²) in [5, 5.41) is 11.0. The van der Waals surface area contributed by atoms with Gasteiger partial charge in [0.15, 0.2) is 5.82 Å². The van der Waals surface area contributed by atoms with Crippen LogP contribution < -0.4 is 16.4 Å². The molecule has 0 fully saturated rings. The zero-order valence-electron chi connectivity index (χ0n) is 16.5. The van der Waals surface area contributed by atoms with Gasteiger partial charge in [0.25, 0.3) is 11.1 Å². The number of hydrogen-bond acceptors (Lipinski definition) is 6. The van der Waals surface area contributed by atoms with E-state index in [-0.39, 0.29) is 36.7 Å². The summed E-state index contributed by atoms with van der Waals surface area (Å²) in [5.74, 6) is 0.125. The monoisotopic (exact) mass is 417 g/mol. The molecule has 0 spiro atoms. The van der Waals surface area contributed by atoms with E-state index in [1.54, 1.807) is 24.5 Å². The summed E-state index contributed by atoms with van der Waals surface area (Å²) >= 11 is 0. The van der Waals surface area contributed by atoms with Crippen molar-refractivity contribution in [3.63, 3.8) is 0 Å². The first-order valence-corrected chi connectivity index (χ1v) is 9.57. The molecular formula is C21H19N7O3. The Kier molecular flexibility index (Phi) is 5.79. The fourth-order valence-corrected chi connectivity index (χ4v) is 2.95. The predicted octanol–water partition coefficient (Wildman–Crippen LogP) is 0.469. The second-order valence-electron chi connectivity index (χ2n) is 6.66. The van der Waals surface area contributed by atoms with Crippen molar-refractivity contribution in [1.29, 1.82) is 0 Å². The molecule has 10 nitrogen and oxygen atoms in total. The number of rotatable bonds is 7. The van der Waals surface area contributed by atoms with Gasteiger partial charge in [-0.3, -0.25) is 19.0 Å². The molecule has 0 aliphatic carbocycles. The minimum absolute atomic E-state index is 0.170. The molecular weight excluding hydrogens is 398 g/mol. The number of hydrogen-bond donors (Lipinski definition) is 1. The largest absolute Gasteiger partial charge is 0.353 e. The molecule has 0 aliphatic rings. The summed E-state index contributed by atoms with van der Waals surface area (Å²) in [6.45, 7) is 0.189. The van der Waals surface area contributed by atoms with Crippen molar-refractivity contribution in [3.8, 4) is 17.1 Å². The summed E-state index contributed by atoms with van der Waals surface area (Å²) in [6.07, 6.45) is 4.68. The average Bonchev–Trinajstić information content (AvgIpc) is 3.32. The number of nitrogens with zero attached hydrogens (tertiary/aromatic N) is 6. The van der Waals surface area contributed by atoms with Crippen LogP contribution in [0.25, 0.3) is 17.1 Å². The lowest BCUT2D eigenvalue weighted by Crippen LogP contribution is -2.36. The van der Waals surface area contributed by atoms with Crippen LogP contribution in [0.3, 0.4) is 0 Å². The second-order valence-corrected chi connectivity index (χ2v) is 6.66. The molecule has 4 rings (SSSR count). The van der Waals surface area contributed by atoms with Gasteiger partial charge in [-0.15, -0.1) is 5.10 Å². The van der Waals surface area contributed by atoms with Gasteiger partial charge < -0.3 is 5.32 Å². The Morgan fingerprint density at radius 1 is 1.00 bits per heavy atom. The van der Waals surface area contributed by atoms with Crippen LogP contribution in [0, 0.1) is 0 Å². The minimum Gasteiger partial charge on any atom is -0.353 e. The Labute approximate surface area is 176 Å². The number of benzene rings is 1. The fraction of sp³-hybridized carbons (Fsp3) is 0.143. The van der Waals surface area contributed by atoms with Crippen LogP contribution in [0.5, 0.6) is 0 Å². The Bertz CT molecular complexity index is 1290. The van der Waals surface area contributed by atoms with Gasteiger partial charge in [-0.25, -0.2) is 14.3 Å². The molecule has 3 aromatic heterocycles. The van der Waals surface area contributed by atoms with E-state index in [2.05, 4.69) is 20.5 Å². The average molecular weight is 417 g/mol. The quantitative estimate of drug-likeness (QED) is 0.467. The molecule has 0 unspecified atom stereocenters. The maximum atomic E-state index is 12.3. The van der Waals surface area contributed by atoms with Crippen LogP contribution in [-0.4, -0.2) is 41.6 Å². The first-order valence-electron chi connectivity index (χ1n) is 9.57. The van der Waals surface area contributed by atoms with Gasteiger partial charge in [-0.2, -0.15) is 5.10 Å². The van der Waals surface area contributed by atoms with E-state index in [0.717, 1.165) is 5.56 Å². The van der Waals surface area contributed by atoms with Gasteiger partial charge in [0.05, 0.1) is 18.6 Å². The summed E-state index contributed by atoms with van der Waals surface area (Å²) < 4.78 is 4.01. The van der Waals surface area contributed by atoms with Crippen molar-refractivity contribution in [2.75, 3.05) is 6.54 Å². The van der Waals surface area contributed by atoms with E-state index < -0.39 is 0 Å². The zero-order valence-corrected chi connectivity index (χ0v) is 16.5. The molecule has 0 saturated carbocycles. The van der Waals surface area contributed by atoms with Crippen LogP contribution in [0.15, 0.2) is 82.9 Å². The zero-order chi connectivity index (χ0) is 21.6. The number of nitrogens with one attached hydrogen (secondary N) is 1. The Balaban J connectivity index is 1.35. The molecule has 4 aromatic rings. The maximum Gasteiger partial charge on any atom is 0.266 e. The highest BCUT2D eigenvalue weighted by atomic mass is 16.2. The number of carbonyl (C=O) groups excluding carboxylic acids is 1. The molecule has 1 aromatic carbocycles. The van der Waals surface area contributed by atoms with Crippen molar-refractivity contribution >= 4 is 5.91 Å². The molecule has 1 N–H and O–H groups in total. The van der Waals surface area contributed by atoms with E-state index in [0.29, 0.717) is 11.5 Å². The third-order valence-electron chi connectivity index (χ3n) is 4.50. The topological polar surface area (TPSA) is 117 Å². The van der Waals surface area contributed by atoms with E-state index >= 15 is 0 Å². The van der Waals surface area contributed by atoms with Crippen LogP contribution in [0.2, 0.25) is 0 Å². The number of amides is 1. The highest BCUT2D eigenvalue weighted by Crippen LogP contribution is 2.13. The molecule has 10 heteroatoms. The summed E-state index contributed by atoms with van der Waals surface area (Å²) in [4.78, 5) is 40.8. The van der Waals surface area contributed by atoms with Crippen LogP contribution in [0.4, 0.5) is 0 Å². The molecule has 31 heavy (non-hydrogen) atoms. The van der Waals surface area contributed by atoms with Crippen molar-refractivity contribution in [2.45, 2.75) is 13.1 Å². The lowest BCUT2D eigenvalue weighted by atomic mass is 10.1. The highest BCUT2D eigenvalue weighted by molar-refractivity contribution is 5.75. The van der Waals surface area contributed by atoms with Crippen molar-refractivity contribution in [1.82, 2.24) is 34.4 Å². The highest BCUT2D eigenvalue weighted by Gasteiger charge is 2.08. The van der Waals surface area contributed by atoms with E-state index in [4.69, 9.17) is 0 Å². The van der Waals surface area contributed by atoms with Gasteiger partial charge in [0, 0.05) is 36.6 Å². The van der Waals surface area contributed by atoms with Crippen LogP contribution in [-0.2, 0) is 17.9 Å². The van der Waals surface area contributed by atoms with Crippen LogP contribution in [0.1, 0.15) is 0 Å². The van der Waals surface area contributed by atoms with E-state index in [1.165, 1.54) is 32.4 Å². The van der Waals surface area contributed by atoms with E-state index in [9.17, 15) is 14.4 Å². The van der Waals surface area contributed by atoms with Gasteiger partial charge in [0.1, 0.15) is 6.54 Å². The Morgan fingerprint density at radius 3 is 2.58 bits per heavy atom. The van der Waals surface area contributed by atoms with Gasteiger partial charge >= 0.3 is 0 Å². The molecule has 3 heterocycles. The summed E-state index contributed by atoms with van der Waals surface area (Å²) in [6, 6.07) is 15.4. The number of carbonyl (C=O) groups is 1.